The molecule has 1 aromatic carbocycles. The lowest BCUT2D eigenvalue weighted by Crippen LogP contribution is -2.13. The van der Waals surface area contributed by atoms with Crippen LogP contribution < -0.4 is 0 Å². The van der Waals surface area contributed by atoms with Gasteiger partial charge < -0.3 is 0 Å². The van der Waals surface area contributed by atoms with Crippen molar-refractivity contribution in [3.63, 3.8) is 0 Å². The van der Waals surface area contributed by atoms with Crippen LogP contribution in [-0.4, -0.2) is 25.1 Å². The lowest BCUT2D eigenvalue weighted by Gasteiger charge is -2.08. The van der Waals surface area contributed by atoms with Crippen LogP contribution >= 0.6 is 22.9 Å². The number of rotatable bonds is 4. The molecule has 4 nitrogen and oxygen atoms in total. The smallest absolute Gasteiger partial charge is 0.272 e. The highest BCUT2D eigenvalue weighted by Crippen LogP contribution is 2.28. The molecular formula is C17H16ClNO3S2. The summed E-state index contributed by atoms with van der Waals surface area (Å²) in [6.07, 6.45) is 2.79. The Morgan fingerprint density at radius 1 is 1.21 bits per heavy atom. The molecule has 0 radical (unpaired) electrons. The third kappa shape index (κ3) is 3.14. The number of carbonyl (C=O) groups is 1. The van der Waals surface area contributed by atoms with Gasteiger partial charge in [-0.15, -0.1) is 11.3 Å². The molecule has 0 fully saturated rings. The van der Waals surface area contributed by atoms with E-state index in [4.69, 9.17) is 11.6 Å². The van der Waals surface area contributed by atoms with Crippen molar-refractivity contribution in [2.24, 2.45) is 0 Å². The van der Waals surface area contributed by atoms with E-state index in [2.05, 4.69) is 0 Å². The first-order valence-corrected chi connectivity index (χ1v) is 10.5. The number of carbonyl (C=O) groups excluding carboxylic acids is 1. The van der Waals surface area contributed by atoms with E-state index in [0.29, 0.717) is 14.7 Å². The van der Waals surface area contributed by atoms with Crippen molar-refractivity contribution in [2.45, 2.75) is 24.7 Å². The number of sulfone groups is 1. The highest BCUT2D eigenvalue weighted by Gasteiger charge is 2.19. The molecule has 0 spiro atoms. The first-order chi connectivity index (χ1) is 11.3. The highest BCUT2D eigenvalue weighted by molar-refractivity contribution is 7.90. The van der Waals surface area contributed by atoms with E-state index in [1.807, 2.05) is 13.0 Å². The number of nitrogens with zero attached hydrogens (tertiary/aromatic N) is 1. The Kier molecular flexibility index (Phi) is 4.55. The molecule has 2 heterocycles. The van der Waals surface area contributed by atoms with Gasteiger partial charge in [0.15, 0.2) is 9.84 Å². The molecule has 0 saturated heterocycles. The molecule has 0 aliphatic heterocycles. The van der Waals surface area contributed by atoms with Crippen molar-refractivity contribution >= 4 is 49.6 Å². The number of benzene rings is 1. The summed E-state index contributed by atoms with van der Waals surface area (Å²) in [4.78, 5) is 13.7. The number of hydrogen-bond acceptors (Lipinski definition) is 4. The van der Waals surface area contributed by atoms with E-state index in [9.17, 15) is 13.2 Å². The number of hydrogen-bond donors (Lipinski definition) is 0. The van der Waals surface area contributed by atoms with Gasteiger partial charge in [-0.2, -0.15) is 0 Å². The Bertz CT molecular complexity index is 1030. The molecule has 0 unspecified atom stereocenters. The molecule has 0 bridgehead atoms. The lowest BCUT2D eigenvalue weighted by molar-refractivity contribution is 0.0966. The molecule has 0 N–H and O–H groups in total. The quantitative estimate of drug-likeness (QED) is 0.673. The molecule has 0 saturated carbocycles. The zero-order chi connectivity index (χ0) is 17.5. The highest BCUT2D eigenvalue weighted by atomic mass is 35.5. The Hall–Kier alpha value is -1.63. The summed E-state index contributed by atoms with van der Waals surface area (Å²) in [7, 11) is -3.29. The van der Waals surface area contributed by atoms with Crippen LogP contribution in [0.15, 0.2) is 41.3 Å². The average Bonchev–Trinajstić information content (AvgIpc) is 3.08. The van der Waals surface area contributed by atoms with Gasteiger partial charge in [-0.3, -0.25) is 9.36 Å². The Morgan fingerprint density at radius 3 is 2.54 bits per heavy atom. The normalized spacial score (nSPS) is 12.0. The van der Waals surface area contributed by atoms with E-state index in [0.717, 1.165) is 23.9 Å². The maximum absolute atomic E-state index is 12.9. The van der Waals surface area contributed by atoms with Crippen LogP contribution in [0.3, 0.4) is 0 Å². The van der Waals surface area contributed by atoms with Crippen LogP contribution in [0.1, 0.15) is 28.7 Å². The Labute approximate surface area is 149 Å². The van der Waals surface area contributed by atoms with Crippen LogP contribution in [0.5, 0.6) is 0 Å². The third-order valence-corrected chi connectivity index (χ3v) is 6.10. The van der Waals surface area contributed by atoms with E-state index in [-0.39, 0.29) is 10.8 Å². The van der Waals surface area contributed by atoms with Gasteiger partial charge in [-0.25, -0.2) is 8.42 Å². The van der Waals surface area contributed by atoms with E-state index < -0.39 is 9.84 Å². The SMILES string of the molecule is CCCc1cc2cc(S(C)(=O)=O)ccc2n1C(=O)c1ccc(Cl)s1. The molecular weight excluding hydrogens is 366 g/mol. The maximum atomic E-state index is 12.9. The Morgan fingerprint density at radius 2 is 1.96 bits per heavy atom. The molecule has 0 aliphatic rings. The summed E-state index contributed by atoms with van der Waals surface area (Å²) in [5, 5.41) is 0.748. The predicted octanol–water partition coefficient (Wildman–Crippen LogP) is 4.40. The number of aryl methyl sites for hydroxylation is 1. The zero-order valence-corrected chi connectivity index (χ0v) is 15.6. The summed E-state index contributed by atoms with van der Waals surface area (Å²) in [6.45, 7) is 2.04. The molecule has 3 aromatic rings. The summed E-state index contributed by atoms with van der Waals surface area (Å²) < 4.78 is 25.8. The van der Waals surface area contributed by atoms with Crippen LogP contribution in [0.4, 0.5) is 0 Å². The molecule has 0 amide bonds. The monoisotopic (exact) mass is 381 g/mol. The van der Waals surface area contributed by atoms with Crippen molar-refractivity contribution in [2.75, 3.05) is 6.26 Å². The largest absolute Gasteiger partial charge is 0.279 e. The molecule has 126 valence electrons. The molecule has 24 heavy (non-hydrogen) atoms. The second-order valence-electron chi connectivity index (χ2n) is 5.62. The van der Waals surface area contributed by atoms with Crippen molar-refractivity contribution in [1.82, 2.24) is 4.57 Å². The van der Waals surface area contributed by atoms with Gasteiger partial charge in [0.1, 0.15) is 0 Å². The van der Waals surface area contributed by atoms with Gasteiger partial charge >= 0.3 is 0 Å². The van der Waals surface area contributed by atoms with Gasteiger partial charge in [0, 0.05) is 17.3 Å². The van der Waals surface area contributed by atoms with Gasteiger partial charge in [-0.05, 0) is 42.8 Å². The standard InChI is InChI=1S/C17H16ClNO3S2/c1-3-4-12-9-11-10-13(24(2,21)22)5-6-14(11)19(12)17(20)15-7-8-16(18)23-15/h5-10H,3-4H2,1-2H3. The Balaban J connectivity index is 2.21. The summed E-state index contributed by atoms with van der Waals surface area (Å²) in [6, 6.07) is 10.2. The number of aromatic nitrogens is 1. The second-order valence-corrected chi connectivity index (χ2v) is 9.35. The summed E-state index contributed by atoms with van der Waals surface area (Å²) in [5.74, 6) is -0.141. The van der Waals surface area contributed by atoms with Crippen LogP contribution in [0.25, 0.3) is 10.9 Å². The minimum absolute atomic E-state index is 0.141. The summed E-state index contributed by atoms with van der Waals surface area (Å²) >= 11 is 7.18. The lowest BCUT2D eigenvalue weighted by atomic mass is 10.2. The summed E-state index contributed by atoms with van der Waals surface area (Å²) in [5.41, 5.74) is 1.58. The van der Waals surface area contributed by atoms with Crippen LogP contribution in [0.2, 0.25) is 4.34 Å². The molecule has 3 rings (SSSR count). The van der Waals surface area contributed by atoms with Crippen molar-refractivity contribution in [3.8, 4) is 0 Å². The van der Waals surface area contributed by atoms with Crippen molar-refractivity contribution in [3.05, 3.63) is 51.3 Å². The fourth-order valence-electron chi connectivity index (χ4n) is 2.70. The topological polar surface area (TPSA) is 56.1 Å². The predicted molar refractivity (Wildman–Crippen MR) is 98.1 cm³/mol. The van der Waals surface area contributed by atoms with Gasteiger partial charge in [0.25, 0.3) is 5.91 Å². The molecule has 0 atom stereocenters. The molecule has 2 aromatic heterocycles. The third-order valence-electron chi connectivity index (χ3n) is 3.77. The number of fused-ring (bicyclic) bond motifs is 1. The molecule has 0 aliphatic carbocycles. The van der Waals surface area contributed by atoms with Gasteiger partial charge in [-0.1, -0.05) is 24.9 Å². The minimum atomic E-state index is -3.29. The van der Waals surface area contributed by atoms with Crippen LogP contribution in [-0.2, 0) is 16.3 Å². The van der Waals surface area contributed by atoms with E-state index in [1.54, 1.807) is 34.9 Å². The zero-order valence-electron chi connectivity index (χ0n) is 13.2. The van der Waals surface area contributed by atoms with E-state index in [1.165, 1.54) is 17.6 Å². The van der Waals surface area contributed by atoms with Crippen molar-refractivity contribution < 1.29 is 13.2 Å². The van der Waals surface area contributed by atoms with E-state index >= 15 is 0 Å². The average molecular weight is 382 g/mol. The second kappa shape index (κ2) is 6.35. The first kappa shape index (κ1) is 17.2. The number of thiophene rings is 1. The maximum Gasteiger partial charge on any atom is 0.272 e. The minimum Gasteiger partial charge on any atom is -0.279 e. The fourth-order valence-corrected chi connectivity index (χ4v) is 4.33. The fraction of sp³-hybridized carbons (Fsp3) is 0.235. The van der Waals surface area contributed by atoms with Gasteiger partial charge in [0.05, 0.1) is 19.6 Å². The first-order valence-electron chi connectivity index (χ1n) is 7.45. The number of halogens is 1. The van der Waals surface area contributed by atoms with Gasteiger partial charge in [0.2, 0.25) is 0 Å². The van der Waals surface area contributed by atoms with Crippen molar-refractivity contribution in [1.29, 1.82) is 0 Å². The van der Waals surface area contributed by atoms with Crippen LogP contribution in [0, 0.1) is 0 Å². The molecule has 7 heteroatoms.